The summed E-state index contributed by atoms with van der Waals surface area (Å²) in [5.41, 5.74) is 9.64. The quantitative estimate of drug-likeness (QED) is 0.629. The lowest BCUT2D eigenvalue weighted by Gasteiger charge is -2.07. The highest BCUT2D eigenvalue weighted by atomic mass is 15.3. The summed E-state index contributed by atoms with van der Waals surface area (Å²) in [7, 11) is 1.86. The molecule has 2 N–H and O–H groups in total. The van der Waals surface area contributed by atoms with Gasteiger partial charge in [0, 0.05) is 7.05 Å². The Hall–Kier alpha value is -1.02. The highest BCUT2D eigenvalue weighted by Gasteiger charge is 1.94. The Labute approximate surface area is 67.6 Å². The van der Waals surface area contributed by atoms with Gasteiger partial charge in [-0.2, -0.15) is 0 Å². The van der Waals surface area contributed by atoms with Crippen LogP contribution in [0, 0.1) is 13.8 Å². The molecule has 0 aliphatic carbocycles. The van der Waals surface area contributed by atoms with Crippen LogP contribution in [0.5, 0.6) is 0 Å². The van der Waals surface area contributed by atoms with E-state index in [2.05, 4.69) is 42.9 Å². The van der Waals surface area contributed by atoms with E-state index >= 15 is 0 Å². The van der Waals surface area contributed by atoms with Crippen molar-refractivity contribution in [3.05, 3.63) is 29.3 Å². The summed E-state index contributed by atoms with van der Waals surface area (Å²) >= 11 is 0. The predicted octanol–water partition coefficient (Wildman–Crippen LogP) is 1.85. The van der Waals surface area contributed by atoms with Crippen LogP contribution in [-0.4, -0.2) is 7.05 Å². The second-order valence-corrected chi connectivity index (χ2v) is 2.69. The molecule has 0 saturated carbocycles. The Kier molecular flexibility index (Phi) is 2.49. The lowest BCUT2D eigenvalue weighted by Crippen LogP contribution is -2.15. The molecule has 2 nitrogen and oxygen atoms in total. The van der Waals surface area contributed by atoms with Crippen LogP contribution in [0.3, 0.4) is 0 Å². The molecule has 1 aromatic carbocycles. The molecular formula is C9H14N2. The maximum Gasteiger partial charge on any atom is 0.0516 e. The third-order valence-corrected chi connectivity index (χ3v) is 1.64. The van der Waals surface area contributed by atoms with Gasteiger partial charge in [0.15, 0.2) is 0 Å². The number of hydrogen-bond acceptors (Lipinski definition) is 2. The molecule has 0 aromatic heterocycles. The minimum absolute atomic E-state index is 1.14. The highest BCUT2D eigenvalue weighted by Crippen LogP contribution is 2.14. The van der Waals surface area contributed by atoms with Crippen LogP contribution in [0.1, 0.15) is 11.1 Å². The first kappa shape index (κ1) is 8.08. The average Bonchev–Trinajstić information content (AvgIpc) is 1.95. The molecule has 60 valence electrons. The van der Waals surface area contributed by atoms with E-state index in [0.29, 0.717) is 0 Å². The van der Waals surface area contributed by atoms with Crippen molar-refractivity contribution in [1.29, 1.82) is 0 Å². The van der Waals surface area contributed by atoms with E-state index in [1.54, 1.807) is 0 Å². The van der Waals surface area contributed by atoms with Crippen molar-refractivity contribution in [3.63, 3.8) is 0 Å². The van der Waals surface area contributed by atoms with E-state index in [-0.39, 0.29) is 0 Å². The lowest BCUT2D eigenvalue weighted by molar-refractivity contribution is 0.979. The molecule has 0 atom stereocenters. The minimum atomic E-state index is 1.14. The van der Waals surface area contributed by atoms with Crippen molar-refractivity contribution in [2.75, 3.05) is 12.5 Å². The van der Waals surface area contributed by atoms with Crippen molar-refractivity contribution < 1.29 is 0 Å². The summed E-state index contributed by atoms with van der Waals surface area (Å²) in [4.78, 5) is 0. The maximum absolute atomic E-state index is 3.05. The summed E-state index contributed by atoms with van der Waals surface area (Å²) in [6, 6.07) is 6.31. The van der Waals surface area contributed by atoms with Crippen molar-refractivity contribution in [1.82, 2.24) is 5.43 Å². The molecule has 11 heavy (non-hydrogen) atoms. The summed E-state index contributed by atoms with van der Waals surface area (Å²) in [6.45, 7) is 4.18. The lowest BCUT2D eigenvalue weighted by atomic mass is 10.1. The molecule has 2 heteroatoms. The molecule has 0 aliphatic heterocycles. The first-order valence-corrected chi connectivity index (χ1v) is 3.74. The number of nitrogens with one attached hydrogen (secondary N) is 2. The zero-order chi connectivity index (χ0) is 8.27. The van der Waals surface area contributed by atoms with Crippen LogP contribution in [-0.2, 0) is 0 Å². The van der Waals surface area contributed by atoms with E-state index in [9.17, 15) is 0 Å². The van der Waals surface area contributed by atoms with Gasteiger partial charge in [-0.3, -0.25) is 0 Å². The zero-order valence-corrected chi connectivity index (χ0v) is 7.23. The minimum Gasteiger partial charge on any atom is -0.321 e. The van der Waals surface area contributed by atoms with E-state index < -0.39 is 0 Å². The van der Waals surface area contributed by atoms with Gasteiger partial charge in [-0.25, -0.2) is 5.43 Å². The maximum atomic E-state index is 3.05. The zero-order valence-electron chi connectivity index (χ0n) is 7.23. The second-order valence-electron chi connectivity index (χ2n) is 2.69. The second kappa shape index (κ2) is 3.39. The Bertz CT molecular complexity index is 243. The van der Waals surface area contributed by atoms with Crippen molar-refractivity contribution in [2.24, 2.45) is 0 Å². The number of aryl methyl sites for hydroxylation is 2. The van der Waals surface area contributed by atoms with Gasteiger partial charge in [-0.05, 0) is 25.5 Å². The normalized spacial score (nSPS) is 9.73. The molecule has 0 heterocycles. The first-order chi connectivity index (χ1) is 5.24. The summed E-state index contributed by atoms with van der Waals surface area (Å²) in [5, 5.41) is 0. The number of rotatable bonds is 2. The third-order valence-electron chi connectivity index (χ3n) is 1.64. The standard InChI is InChI=1S/C9H14N2/c1-7-4-5-9(11-10-3)8(2)6-7/h4-6,10-11H,1-3H3. The smallest absolute Gasteiger partial charge is 0.0516 e. The van der Waals surface area contributed by atoms with Crippen molar-refractivity contribution in [2.45, 2.75) is 13.8 Å². The van der Waals surface area contributed by atoms with Gasteiger partial charge >= 0.3 is 0 Å². The van der Waals surface area contributed by atoms with Crippen LogP contribution < -0.4 is 10.9 Å². The Morgan fingerprint density at radius 3 is 2.45 bits per heavy atom. The van der Waals surface area contributed by atoms with Gasteiger partial charge in [0.05, 0.1) is 5.69 Å². The molecule has 0 saturated heterocycles. The Morgan fingerprint density at radius 1 is 1.18 bits per heavy atom. The molecule has 0 radical (unpaired) electrons. The van der Waals surface area contributed by atoms with E-state index in [4.69, 9.17) is 0 Å². The fourth-order valence-corrected chi connectivity index (χ4v) is 1.09. The van der Waals surface area contributed by atoms with Gasteiger partial charge in [0.1, 0.15) is 0 Å². The Morgan fingerprint density at radius 2 is 1.91 bits per heavy atom. The molecule has 1 rings (SSSR count). The van der Waals surface area contributed by atoms with Crippen LogP contribution in [0.15, 0.2) is 18.2 Å². The van der Waals surface area contributed by atoms with Gasteiger partial charge in [0.25, 0.3) is 0 Å². The fourth-order valence-electron chi connectivity index (χ4n) is 1.09. The van der Waals surface area contributed by atoms with Crippen LogP contribution in [0.4, 0.5) is 5.69 Å². The molecule has 0 aliphatic rings. The van der Waals surface area contributed by atoms with E-state index in [1.807, 2.05) is 7.05 Å². The van der Waals surface area contributed by atoms with Gasteiger partial charge in [-0.15, -0.1) is 0 Å². The van der Waals surface area contributed by atoms with E-state index in [0.717, 1.165) is 5.69 Å². The number of hydrogen-bond donors (Lipinski definition) is 2. The number of hydrazine groups is 1. The molecule has 0 bridgehead atoms. The summed E-state index contributed by atoms with van der Waals surface area (Å²) in [5.74, 6) is 0. The SMILES string of the molecule is CNNc1ccc(C)cc1C. The topological polar surface area (TPSA) is 24.1 Å². The average molecular weight is 150 g/mol. The molecule has 0 fully saturated rings. The first-order valence-electron chi connectivity index (χ1n) is 3.74. The van der Waals surface area contributed by atoms with Gasteiger partial charge in [0.2, 0.25) is 0 Å². The highest BCUT2D eigenvalue weighted by molar-refractivity contribution is 5.50. The predicted molar refractivity (Wildman–Crippen MR) is 48.6 cm³/mol. The van der Waals surface area contributed by atoms with Crippen LogP contribution >= 0.6 is 0 Å². The third kappa shape index (κ3) is 1.95. The summed E-state index contributed by atoms with van der Waals surface area (Å²) in [6.07, 6.45) is 0. The number of benzene rings is 1. The fraction of sp³-hybridized carbons (Fsp3) is 0.333. The number of anilines is 1. The van der Waals surface area contributed by atoms with Crippen molar-refractivity contribution in [3.8, 4) is 0 Å². The van der Waals surface area contributed by atoms with Crippen LogP contribution in [0.2, 0.25) is 0 Å². The largest absolute Gasteiger partial charge is 0.321 e. The Balaban J connectivity index is 2.90. The van der Waals surface area contributed by atoms with Gasteiger partial charge in [-0.1, -0.05) is 17.7 Å². The molecule has 1 aromatic rings. The molecular weight excluding hydrogens is 136 g/mol. The molecule has 0 unspecified atom stereocenters. The molecule has 0 spiro atoms. The van der Waals surface area contributed by atoms with Gasteiger partial charge < -0.3 is 5.43 Å². The summed E-state index contributed by atoms with van der Waals surface area (Å²) < 4.78 is 0. The van der Waals surface area contributed by atoms with E-state index in [1.165, 1.54) is 11.1 Å². The monoisotopic (exact) mass is 150 g/mol. The van der Waals surface area contributed by atoms with Crippen LogP contribution in [0.25, 0.3) is 0 Å². The molecule has 0 amide bonds. The van der Waals surface area contributed by atoms with Crippen molar-refractivity contribution >= 4 is 5.69 Å².